The van der Waals surface area contributed by atoms with Gasteiger partial charge in [0.25, 0.3) is 11.8 Å². The highest BCUT2D eigenvalue weighted by molar-refractivity contribution is 7.91. The lowest BCUT2D eigenvalue weighted by atomic mass is 10.2. The summed E-state index contributed by atoms with van der Waals surface area (Å²) in [6.07, 6.45) is 4.05. The van der Waals surface area contributed by atoms with Crippen LogP contribution in [0.4, 0.5) is 0 Å². The van der Waals surface area contributed by atoms with Gasteiger partial charge in [-0.05, 0) is 38.3 Å². The van der Waals surface area contributed by atoms with Crippen LogP contribution in [0.5, 0.6) is 0 Å². The van der Waals surface area contributed by atoms with E-state index in [-0.39, 0.29) is 46.9 Å². The van der Waals surface area contributed by atoms with Crippen LogP contribution in [0, 0.1) is 0 Å². The predicted octanol–water partition coefficient (Wildman–Crippen LogP) is 0.876. The van der Waals surface area contributed by atoms with Gasteiger partial charge in [-0.3, -0.25) is 14.0 Å². The van der Waals surface area contributed by atoms with Gasteiger partial charge in [-0.2, -0.15) is 0 Å². The molecule has 144 valence electrons. The number of hydrogen-bond donors (Lipinski definition) is 1. The molecule has 4 rings (SSSR count). The number of aromatic nitrogens is 2. The summed E-state index contributed by atoms with van der Waals surface area (Å²) in [5.74, 6) is -0.431. The molecule has 0 radical (unpaired) electrons. The number of nitrogens with zero attached hydrogens (tertiary/aromatic N) is 3. The molecule has 1 saturated heterocycles. The summed E-state index contributed by atoms with van der Waals surface area (Å²) in [7, 11) is -3.11. The van der Waals surface area contributed by atoms with E-state index in [0.29, 0.717) is 18.5 Å². The molecule has 0 spiro atoms. The minimum Gasteiger partial charge on any atom is -0.348 e. The van der Waals surface area contributed by atoms with Gasteiger partial charge in [0.05, 0.1) is 17.0 Å². The van der Waals surface area contributed by atoms with E-state index in [0.717, 1.165) is 12.8 Å². The Morgan fingerprint density at radius 3 is 2.70 bits per heavy atom. The van der Waals surface area contributed by atoms with E-state index < -0.39 is 9.84 Å². The van der Waals surface area contributed by atoms with Crippen molar-refractivity contribution in [3.63, 3.8) is 0 Å². The maximum Gasteiger partial charge on any atom is 0.290 e. The second kappa shape index (κ2) is 6.63. The van der Waals surface area contributed by atoms with Crippen molar-refractivity contribution in [2.75, 3.05) is 18.1 Å². The lowest BCUT2D eigenvalue weighted by Crippen LogP contribution is -2.41. The van der Waals surface area contributed by atoms with Crippen LogP contribution in [0.1, 0.15) is 47.3 Å². The van der Waals surface area contributed by atoms with E-state index in [2.05, 4.69) is 10.3 Å². The lowest BCUT2D eigenvalue weighted by molar-refractivity contribution is 0.0695. The topological polar surface area (TPSA) is 101 Å². The van der Waals surface area contributed by atoms with E-state index >= 15 is 0 Å². The van der Waals surface area contributed by atoms with Crippen LogP contribution in [0.25, 0.3) is 5.52 Å². The zero-order valence-electron chi connectivity index (χ0n) is 15.1. The molecule has 0 bridgehead atoms. The molecule has 1 saturated carbocycles. The zero-order chi connectivity index (χ0) is 19.2. The van der Waals surface area contributed by atoms with Gasteiger partial charge >= 0.3 is 0 Å². The molecule has 2 fully saturated rings. The van der Waals surface area contributed by atoms with Crippen LogP contribution >= 0.6 is 0 Å². The molecule has 1 aliphatic carbocycles. The summed E-state index contributed by atoms with van der Waals surface area (Å²) in [5.41, 5.74) is 0.787. The highest BCUT2D eigenvalue weighted by Gasteiger charge is 2.36. The summed E-state index contributed by atoms with van der Waals surface area (Å²) in [6.45, 7) is 2.20. The largest absolute Gasteiger partial charge is 0.348 e. The first-order valence-electron chi connectivity index (χ1n) is 9.19. The molecule has 3 heterocycles. The van der Waals surface area contributed by atoms with Crippen molar-refractivity contribution in [3.8, 4) is 0 Å². The highest BCUT2D eigenvalue weighted by atomic mass is 32.2. The number of pyridine rings is 1. The standard InChI is InChI=1S/C18H22N4O4S/c1-2-21(13-8-10-27(25,26)11-13)18(24)16-20-15(17(23)19-12-6-7-12)14-5-3-4-9-22(14)16/h3-5,9,12-13H,2,6-8,10-11H2,1H3,(H,19,23). The number of fused-ring (bicyclic) bond motifs is 1. The molecule has 1 aliphatic heterocycles. The number of carbonyl (C=O) groups is 2. The van der Waals surface area contributed by atoms with Gasteiger partial charge in [0.15, 0.2) is 15.5 Å². The Bertz CT molecular complexity index is 1010. The van der Waals surface area contributed by atoms with Crippen molar-refractivity contribution < 1.29 is 18.0 Å². The second-order valence-corrected chi connectivity index (χ2v) is 9.36. The summed E-state index contributed by atoms with van der Waals surface area (Å²) < 4.78 is 25.3. The Morgan fingerprint density at radius 2 is 2.07 bits per heavy atom. The van der Waals surface area contributed by atoms with Crippen LogP contribution in [-0.4, -0.2) is 64.7 Å². The first kappa shape index (κ1) is 18.0. The smallest absolute Gasteiger partial charge is 0.290 e. The molecule has 0 aromatic carbocycles. The van der Waals surface area contributed by atoms with Crippen LogP contribution in [0.2, 0.25) is 0 Å². The average Bonchev–Trinajstić information content (AvgIpc) is 3.25. The number of carbonyl (C=O) groups excluding carboxylic acids is 2. The third kappa shape index (κ3) is 3.43. The fourth-order valence-corrected chi connectivity index (χ4v) is 5.29. The quantitative estimate of drug-likeness (QED) is 0.817. The Hall–Kier alpha value is -2.42. The fourth-order valence-electron chi connectivity index (χ4n) is 3.55. The molecular formula is C18H22N4O4S. The number of amides is 2. The third-order valence-electron chi connectivity index (χ3n) is 5.12. The van der Waals surface area contributed by atoms with Gasteiger partial charge in [0, 0.05) is 24.8 Å². The van der Waals surface area contributed by atoms with Gasteiger partial charge in [-0.15, -0.1) is 0 Å². The average molecular weight is 390 g/mol. The minimum atomic E-state index is -3.11. The van der Waals surface area contributed by atoms with Gasteiger partial charge in [0.1, 0.15) is 0 Å². The van der Waals surface area contributed by atoms with Crippen molar-refractivity contribution in [2.24, 2.45) is 0 Å². The Balaban J connectivity index is 1.69. The normalized spacial score (nSPS) is 21.3. The molecule has 2 aliphatic rings. The Kier molecular flexibility index (Phi) is 4.41. The summed E-state index contributed by atoms with van der Waals surface area (Å²) in [6, 6.07) is 5.15. The van der Waals surface area contributed by atoms with E-state index in [1.165, 1.54) is 0 Å². The minimum absolute atomic E-state index is 0.0229. The molecule has 2 aromatic heterocycles. The molecule has 1 unspecified atom stereocenters. The van der Waals surface area contributed by atoms with Gasteiger partial charge in [0.2, 0.25) is 5.82 Å². The summed E-state index contributed by atoms with van der Waals surface area (Å²) in [4.78, 5) is 31.6. The maximum atomic E-state index is 13.2. The first-order valence-corrected chi connectivity index (χ1v) is 11.0. The van der Waals surface area contributed by atoms with Crippen LogP contribution in [0.15, 0.2) is 24.4 Å². The van der Waals surface area contributed by atoms with Crippen molar-refractivity contribution in [2.45, 2.75) is 38.3 Å². The Morgan fingerprint density at radius 1 is 1.30 bits per heavy atom. The second-order valence-electron chi connectivity index (χ2n) is 7.14. The lowest BCUT2D eigenvalue weighted by Gasteiger charge is -2.26. The number of imidazole rings is 1. The van der Waals surface area contributed by atoms with E-state index in [1.54, 1.807) is 33.7 Å². The van der Waals surface area contributed by atoms with Crippen molar-refractivity contribution in [3.05, 3.63) is 35.9 Å². The molecule has 9 heteroatoms. The van der Waals surface area contributed by atoms with Crippen molar-refractivity contribution in [1.82, 2.24) is 19.6 Å². The summed E-state index contributed by atoms with van der Waals surface area (Å²) in [5, 5.41) is 2.90. The van der Waals surface area contributed by atoms with Crippen LogP contribution in [0.3, 0.4) is 0 Å². The number of hydrogen-bond acceptors (Lipinski definition) is 5. The molecule has 2 aromatic rings. The number of rotatable bonds is 5. The molecule has 2 amide bonds. The van der Waals surface area contributed by atoms with Gasteiger partial charge < -0.3 is 10.2 Å². The number of sulfone groups is 1. The van der Waals surface area contributed by atoms with Crippen LogP contribution < -0.4 is 5.32 Å². The molecular weight excluding hydrogens is 368 g/mol. The van der Waals surface area contributed by atoms with Crippen molar-refractivity contribution in [1.29, 1.82) is 0 Å². The summed E-state index contributed by atoms with van der Waals surface area (Å²) >= 11 is 0. The van der Waals surface area contributed by atoms with Gasteiger partial charge in [-0.1, -0.05) is 6.07 Å². The third-order valence-corrected chi connectivity index (χ3v) is 6.87. The first-order chi connectivity index (χ1) is 12.9. The van der Waals surface area contributed by atoms with E-state index in [9.17, 15) is 18.0 Å². The fraction of sp³-hybridized carbons (Fsp3) is 0.500. The number of nitrogens with one attached hydrogen (secondary N) is 1. The Labute approximate surface area is 157 Å². The van der Waals surface area contributed by atoms with Crippen LogP contribution in [-0.2, 0) is 9.84 Å². The monoisotopic (exact) mass is 390 g/mol. The predicted molar refractivity (Wildman–Crippen MR) is 99.4 cm³/mol. The zero-order valence-corrected chi connectivity index (χ0v) is 15.9. The molecule has 1 atom stereocenters. The molecule has 1 N–H and O–H groups in total. The van der Waals surface area contributed by atoms with Crippen molar-refractivity contribution >= 4 is 27.2 Å². The SMILES string of the molecule is CCN(C(=O)c1nc(C(=O)NC2CC2)c2ccccn12)C1CCS(=O)(=O)C1. The molecule has 27 heavy (non-hydrogen) atoms. The highest BCUT2D eigenvalue weighted by Crippen LogP contribution is 2.23. The van der Waals surface area contributed by atoms with E-state index in [4.69, 9.17) is 0 Å². The molecule has 8 nitrogen and oxygen atoms in total. The van der Waals surface area contributed by atoms with E-state index in [1.807, 2.05) is 6.92 Å². The van der Waals surface area contributed by atoms with Gasteiger partial charge in [-0.25, -0.2) is 13.4 Å². The maximum absolute atomic E-state index is 13.2.